The summed E-state index contributed by atoms with van der Waals surface area (Å²) in [6.07, 6.45) is 1.83. The molecule has 7 nitrogen and oxygen atoms in total. The van der Waals surface area contributed by atoms with Gasteiger partial charge in [-0.05, 0) is 24.5 Å². The van der Waals surface area contributed by atoms with E-state index in [4.69, 9.17) is 9.84 Å². The maximum Gasteiger partial charge on any atom is 0.261 e. The number of nitrogens with zero attached hydrogens (tertiary/aromatic N) is 1. The molecule has 8 heteroatoms. The van der Waals surface area contributed by atoms with E-state index in [1.54, 1.807) is 0 Å². The summed E-state index contributed by atoms with van der Waals surface area (Å²) in [6.45, 7) is 3.48. The minimum atomic E-state index is -0.955. The van der Waals surface area contributed by atoms with Gasteiger partial charge in [0.25, 0.3) is 5.91 Å². The first-order chi connectivity index (χ1) is 12.5. The van der Waals surface area contributed by atoms with Crippen LogP contribution in [0.2, 0.25) is 0 Å². The largest absolute Gasteiger partial charge is 0.394 e. The van der Waals surface area contributed by atoms with E-state index in [2.05, 4.69) is 5.32 Å². The fourth-order valence-corrected chi connectivity index (χ4v) is 4.79. The second-order valence-corrected chi connectivity index (χ2v) is 7.96. The lowest BCUT2D eigenvalue weighted by Gasteiger charge is -2.44. The van der Waals surface area contributed by atoms with E-state index in [-0.39, 0.29) is 25.0 Å². The summed E-state index contributed by atoms with van der Waals surface area (Å²) >= 11 is 1.47. The average molecular weight is 382 g/mol. The van der Waals surface area contributed by atoms with Gasteiger partial charge in [0.15, 0.2) is 0 Å². The number of likely N-dealkylation sites (tertiary alicyclic amines) is 1. The molecule has 1 fully saturated rings. The molecule has 2 amide bonds. The van der Waals surface area contributed by atoms with Crippen molar-refractivity contribution in [2.24, 2.45) is 0 Å². The molecule has 2 aliphatic rings. The smallest absolute Gasteiger partial charge is 0.261 e. The van der Waals surface area contributed by atoms with Crippen LogP contribution in [0.25, 0.3) is 0 Å². The molecule has 3 N–H and O–H groups in total. The molecule has 0 radical (unpaired) electrons. The first-order valence-electron chi connectivity index (χ1n) is 9.11. The Morgan fingerprint density at radius 3 is 2.81 bits per heavy atom. The van der Waals surface area contributed by atoms with Gasteiger partial charge in [-0.2, -0.15) is 0 Å². The molecule has 0 saturated carbocycles. The van der Waals surface area contributed by atoms with Crippen LogP contribution in [0.4, 0.5) is 0 Å². The van der Waals surface area contributed by atoms with Crippen LogP contribution >= 0.6 is 11.3 Å². The fourth-order valence-electron chi connectivity index (χ4n) is 3.65. The number of carbonyl (C=O) groups is 2. The number of carbonyl (C=O) groups excluding carboxylic acids is 2. The highest BCUT2D eigenvalue weighted by Gasteiger charge is 2.42. The van der Waals surface area contributed by atoms with E-state index >= 15 is 0 Å². The molecular weight excluding hydrogens is 356 g/mol. The predicted molar refractivity (Wildman–Crippen MR) is 97.2 cm³/mol. The third-order valence-corrected chi connectivity index (χ3v) is 6.36. The van der Waals surface area contributed by atoms with Crippen molar-refractivity contribution in [1.82, 2.24) is 10.2 Å². The summed E-state index contributed by atoms with van der Waals surface area (Å²) in [6, 6.07) is 1.90. The zero-order valence-corrected chi connectivity index (χ0v) is 15.8. The summed E-state index contributed by atoms with van der Waals surface area (Å²) < 4.78 is 6.17. The zero-order chi connectivity index (χ0) is 18.7. The Morgan fingerprint density at radius 1 is 1.42 bits per heavy atom. The van der Waals surface area contributed by atoms with Gasteiger partial charge in [-0.3, -0.25) is 9.59 Å². The summed E-state index contributed by atoms with van der Waals surface area (Å²) in [7, 11) is 0. The van der Waals surface area contributed by atoms with Crippen molar-refractivity contribution in [3.05, 3.63) is 21.4 Å². The Morgan fingerprint density at radius 2 is 2.15 bits per heavy atom. The molecule has 0 aromatic carbocycles. The number of hydrogen-bond acceptors (Lipinski definition) is 6. The van der Waals surface area contributed by atoms with Crippen LogP contribution in [-0.2, 0) is 21.6 Å². The van der Waals surface area contributed by atoms with Crippen molar-refractivity contribution in [3.8, 4) is 0 Å². The van der Waals surface area contributed by atoms with Crippen molar-refractivity contribution in [1.29, 1.82) is 0 Å². The number of nitrogens with one attached hydrogen (secondary N) is 1. The summed E-state index contributed by atoms with van der Waals surface area (Å²) in [4.78, 5) is 27.9. The first-order valence-corrected chi connectivity index (χ1v) is 9.93. The predicted octanol–water partition coefficient (Wildman–Crippen LogP) is 0.632. The lowest BCUT2D eigenvalue weighted by atomic mass is 9.82. The Bertz CT molecular complexity index is 667. The van der Waals surface area contributed by atoms with E-state index in [1.165, 1.54) is 16.2 Å². The van der Waals surface area contributed by atoms with Crippen LogP contribution in [0.15, 0.2) is 6.07 Å². The Hall–Kier alpha value is -1.48. The summed E-state index contributed by atoms with van der Waals surface area (Å²) in [5.41, 5.74) is 0.669. The van der Waals surface area contributed by atoms with Crippen LogP contribution in [0.3, 0.4) is 0 Å². The standard InChI is InChI=1S/C18H26N2O5S/c1-2-16(23)20-6-4-18(5-7-20)13-9-15(26-14(13)3-8-25-18)17(24)19-10-12(22)11-21/h9,12,21-22H,2-8,10-11H2,1H3,(H,19,24). The molecule has 2 aliphatic heterocycles. The van der Waals surface area contributed by atoms with E-state index in [0.29, 0.717) is 31.0 Å². The highest BCUT2D eigenvalue weighted by atomic mass is 32.1. The van der Waals surface area contributed by atoms with E-state index < -0.39 is 11.7 Å². The summed E-state index contributed by atoms with van der Waals surface area (Å²) in [5.74, 6) is -0.0747. The van der Waals surface area contributed by atoms with Crippen molar-refractivity contribution in [3.63, 3.8) is 0 Å². The third kappa shape index (κ3) is 3.78. The molecule has 1 saturated heterocycles. The molecule has 1 atom stereocenters. The van der Waals surface area contributed by atoms with Crippen LogP contribution < -0.4 is 5.32 Å². The molecule has 3 rings (SSSR count). The molecule has 0 aliphatic carbocycles. The summed E-state index contributed by atoms with van der Waals surface area (Å²) in [5, 5.41) is 20.9. The van der Waals surface area contributed by atoms with Gasteiger partial charge in [0.05, 0.1) is 29.8 Å². The number of rotatable bonds is 5. The Labute approximate surface area is 157 Å². The first kappa shape index (κ1) is 19.3. The average Bonchev–Trinajstić information content (AvgIpc) is 3.12. The number of aliphatic hydroxyl groups is 2. The van der Waals surface area contributed by atoms with Crippen molar-refractivity contribution < 1.29 is 24.5 Å². The number of amides is 2. The Kier molecular flexibility index (Phi) is 5.96. The molecule has 26 heavy (non-hydrogen) atoms. The van der Waals surface area contributed by atoms with Crippen molar-refractivity contribution >= 4 is 23.2 Å². The highest BCUT2D eigenvalue weighted by molar-refractivity contribution is 7.14. The Balaban J connectivity index is 1.73. The lowest BCUT2D eigenvalue weighted by Crippen LogP contribution is -2.47. The fraction of sp³-hybridized carbons (Fsp3) is 0.667. The normalized spacial score (nSPS) is 19.9. The molecule has 1 unspecified atom stereocenters. The second-order valence-electron chi connectivity index (χ2n) is 6.82. The second kappa shape index (κ2) is 8.04. The number of ether oxygens (including phenoxy) is 1. The molecular formula is C18H26N2O5S. The number of hydrogen-bond donors (Lipinski definition) is 3. The monoisotopic (exact) mass is 382 g/mol. The zero-order valence-electron chi connectivity index (χ0n) is 15.0. The topological polar surface area (TPSA) is 99.1 Å². The number of aliphatic hydroxyl groups excluding tert-OH is 2. The van der Waals surface area contributed by atoms with E-state index in [9.17, 15) is 14.7 Å². The molecule has 1 aromatic rings. The molecule has 0 bridgehead atoms. The number of fused-ring (bicyclic) bond motifs is 2. The third-order valence-electron chi connectivity index (χ3n) is 5.17. The van der Waals surface area contributed by atoms with Gasteiger partial charge in [-0.1, -0.05) is 6.92 Å². The van der Waals surface area contributed by atoms with Gasteiger partial charge in [0.2, 0.25) is 5.91 Å². The SMILES string of the molecule is CCC(=O)N1CCC2(CC1)OCCc1sc(C(=O)NCC(O)CO)cc12. The van der Waals surface area contributed by atoms with Gasteiger partial charge in [0, 0.05) is 37.4 Å². The number of thiophene rings is 1. The van der Waals surface area contributed by atoms with Crippen LogP contribution in [0.5, 0.6) is 0 Å². The number of piperidine rings is 1. The van der Waals surface area contributed by atoms with Gasteiger partial charge in [-0.15, -0.1) is 11.3 Å². The van der Waals surface area contributed by atoms with E-state index in [1.807, 2.05) is 17.9 Å². The van der Waals surface area contributed by atoms with Crippen molar-refractivity contribution in [2.45, 2.75) is 44.3 Å². The van der Waals surface area contributed by atoms with Crippen LogP contribution in [0.1, 0.15) is 46.3 Å². The lowest BCUT2D eigenvalue weighted by molar-refractivity contribution is -0.140. The molecule has 1 spiro atoms. The quantitative estimate of drug-likeness (QED) is 0.694. The van der Waals surface area contributed by atoms with Gasteiger partial charge in [0.1, 0.15) is 0 Å². The molecule has 144 valence electrons. The maximum atomic E-state index is 12.3. The minimum Gasteiger partial charge on any atom is -0.394 e. The maximum absolute atomic E-state index is 12.3. The van der Waals surface area contributed by atoms with Gasteiger partial charge >= 0.3 is 0 Å². The van der Waals surface area contributed by atoms with Crippen molar-refractivity contribution in [2.75, 3.05) is 32.8 Å². The van der Waals surface area contributed by atoms with Crippen LogP contribution in [0, 0.1) is 0 Å². The van der Waals surface area contributed by atoms with Crippen LogP contribution in [-0.4, -0.2) is 65.9 Å². The van der Waals surface area contributed by atoms with Gasteiger partial charge < -0.3 is 25.2 Å². The highest BCUT2D eigenvalue weighted by Crippen LogP contribution is 2.44. The molecule has 3 heterocycles. The van der Waals surface area contributed by atoms with E-state index in [0.717, 1.165) is 24.8 Å². The minimum absolute atomic E-state index is 0.0215. The van der Waals surface area contributed by atoms with Gasteiger partial charge in [-0.25, -0.2) is 0 Å². The molecule has 1 aromatic heterocycles.